The predicted molar refractivity (Wildman–Crippen MR) is 77.6 cm³/mol. The Hall–Kier alpha value is -1.28. The molecule has 2 heteroatoms. The van der Waals surface area contributed by atoms with Crippen molar-refractivity contribution in [2.75, 3.05) is 7.05 Å². The summed E-state index contributed by atoms with van der Waals surface area (Å²) in [6.45, 7) is 0.852. The van der Waals surface area contributed by atoms with Gasteiger partial charge in [-0.3, -0.25) is 0 Å². The summed E-state index contributed by atoms with van der Waals surface area (Å²) in [7, 11) is 1.99. The summed E-state index contributed by atoms with van der Waals surface area (Å²) in [5, 5.41) is 4.64. The Labute approximate surface area is 114 Å². The van der Waals surface area contributed by atoms with Crippen LogP contribution in [0.5, 0.6) is 0 Å². The van der Waals surface area contributed by atoms with Crippen molar-refractivity contribution in [2.45, 2.75) is 51.0 Å². The average molecular weight is 255 g/mol. The molecule has 0 unspecified atom stereocenters. The lowest BCUT2D eigenvalue weighted by atomic mass is 9.90. The normalized spacial score (nSPS) is 18.8. The fraction of sp³-hybridized carbons (Fsp3) is 0.529. The van der Waals surface area contributed by atoms with E-state index in [0.717, 1.165) is 18.0 Å². The van der Waals surface area contributed by atoms with Gasteiger partial charge in [-0.15, -0.1) is 0 Å². The fourth-order valence-electron chi connectivity index (χ4n) is 3.51. The van der Waals surface area contributed by atoms with Gasteiger partial charge < -0.3 is 9.73 Å². The smallest absolute Gasteiger partial charge is 0.134 e. The molecule has 1 heterocycles. The summed E-state index contributed by atoms with van der Waals surface area (Å²) in [5.41, 5.74) is 5.70. The zero-order valence-electron chi connectivity index (χ0n) is 11.6. The summed E-state index contributed by atoms with van der Waals surface area (Å²) in [4.78, 5) is 0. The first-order chi connectivity index (χ1) is 9.36. The molecule has 100 valence electrons. The first kappa shape index (κ1) is 11.5. The summed E-state index contributed by atoms with van der Waals surface area (Å²) < 4.78 is 6.14. The van der Waals surface area contributed by atoms with E-state index in [-0.39, 0.29) is 0 Å². The average Bonchev–Trinajstić information content (AvgIpc) is 3.19. The fourth-order valence-corrected chi connectivity index (χ4v) is 3.51. The van der Waals surface area contributed by atoms with E-state index in [4.69, 9.17) is 4.42 Å². The molecule has 2 nitrogen and oxygen atoms in total. The van der Waals surface area contributed by atoms with Crippen LogP contribution in [0.25, 0.3) is 11.0 Å². The molecule has 4 rings (SSSR count). The maximum Gasteiger partial charge on any atom is 0.134 e. The van der Waals surface area contributed by atoms with Crippen LogP contribution in [0.15, 0.2) is 16.5 Å². The van der Waals surface area contributed by atoms with E-state index in [1.807, 2.05) is 7.05 Å². The van der Waals surface area contributed by atoms with E-state index in [0.29, 0.717) is 0 Å². The molecule has 1 aromatic heterocycles. The van der Waals surface area contributed by atoms with Crippen molar-refractivity contribution in [3.05, 3.63) is 34.6 Å². The number of hydrogen-bond acceptors (Lipinski definition) is 2. The Balaban J connectivity index is 1.91. The van der Waals surface area contributed by atoms with E-state index in [2.05, 4.69) is 17.4 Å². The molecule has 19 heavy (non-hydrogen) atoms. The van der Waals surface area contributed by atoms with Crippen molar-refractivity contribution < 1.29 is 4.42 Å². The van der Waals surface area contributed by atoms with Gasteiger partial charge in [-0.1, -0.05) is 0 Å². The minimum atomic E-state index is 0.756. The van der Waals surface area contributed by atoms with Crippen molar-refractivity contribution in [3.63, 3.8) is 0 Å². The highest BCUT2D eigenvalue weighted by Gasteiger charge is 2.31. The van der Waals surface area contributed by atoms with Crippen LogP contribution in [-0.4, -0.2) is 7.05 Å². The van der Waals surface area contributed by atoms with Gasteiger partial charge in [0.25, 0.3) is 0 Å². The minimum absolute atomic E-state index is 0.756. The molecule has 1 N–H and O–H groups in total. The van der Waals surface area contributed by atoms with Crippen LogP contribution in [0, 0.1) is 0 Å². The van der Waals surface area contributed by atoms with Crippen LogP contribution in [0.3, 0.4) is 0 Å². The molecule has 1 fully saturated rings. The van der Waals surface area contributed by atoms with Gasteiger partial charge in [-0.25, -0.2) is 0 Å². The van der Waals surface area contributed by atoms with Gasteiger partial charge in [0.15, 0.2) is 0 Å². The van der Waals surface area contributed by atoms with Gasteiger partial charge in [0, 0.05) is 10.9 Å². The number of hydrogen-bond donors (Lipinski definition) is 1. The van der Waals surface area contributed by atoms with Gasteiger partial charge in [0.05, 0.1) is 6.54 Å². The van der Waals surface area contributed by atoms with Crippen LogP contribution >= 0.6 is 0 Å². The summed E-state index contributed by atoms with van der Waals surface area (Å²) in [6.07, 6.45) is 7.83. The van der Waals surface area contributed by atoms with Gasteiger partial charge in [0.2, 0.25) is 0 Å². The number of fused-ring (bicyclic) bond motifs is 2. The van der Waals surface area contributed by atoms with Gasteiger partial charge in [-0.2, -0.15) is 0 Å². The van der Waals surface area contributed by atoms with Gasteiger partial charge in [0.1, 0.15) is 11.3 Å². The third kappa shape index (κ3) is 1.90. The molecule has 0 atom stereocenters. The van der Waals surface area contributed by atoms with Crippen molar-refractivity contribution in [1.29, 1.82) is 0 Å². The molecule has 0 saturated heterocycles. The van der Waals surface area contributed by atoms with Crippen LogP contribution < -0.4 is 5.32 Å². The molecular formula is C17H21NO. The number of rotatable bonds is 3. The maximum atomic E-state index is 6.14. The van der Waals surface area contributed by atoms with Crippen LogP contribution in [0.4, 0.5) is 0 Å². The van der Waals surface area contributed by atoms with E-state index in [1.165, 1.54) is 60.8 Å². The van der Waals surface area contributed by atoms with E-state index >= 15 is 0 Å². The van der Waals surface area contributed by atoms with Gasteiger partial charge >= 0.3 is 0 Å². The first-order valence-corrected chi connectivity index (χ1v) is 7.58. The van der Waals surface area contributed by atoms with E-state index in [9.17, 15) is 0 Å². The Bertz CT molecular complexity index is 622. The molecule has 0 amide bonds. The molecule has 0 radical (unpaired) electrons. The van der Waals surface area contributed by atoms with E-state index in [1.54, 1.807) is 5.56 Å². The monoisotopic (exact) mass is 255 g/mol. The first-order valence-electron chi connectivity index (χ1n) is 7.58. The molecule has 2 aromatic rings. The minimum Gasteiger partial charge on any atom is -0.459 e. The third-order valence-electron chi connectivity index (χ3n) is 4.59. The second kappa shape index (κ2) is 4.38. The summed E-state index contributed by atoms with van der Waals surface area (Å²) >= 11 is 0. The zero-order valence-corrected chi connectivity index (χ0v) is 11.6. The lowest BCUT2D eigenvalue weighted by molar-refractivity contribution is 0.523. The second-order valence-electron chi connectivity index (χ2n) is 6.07. The topological polar surface area (TPSA) is 25.2 Å². The highest BCUT2D eigenvalue weighted by molar-refractivity contribution is 5.85. The number of benzene rings is 1. The molecule has 0 bridgehead atoms. The molecule has 1 aromatic carbocycles. The molecule has 2 aliphatic rings. The van der Waals surface area contributed by atoms with Crippen molar-refractivity contribution in [1.82, 2.24) is 5.32 Å². The van der Waals surface area contributed by atoms with Gasteiger partial charge in [-0.05, 0) is 74.8 Å². The Kier molecular flexibility index (Phi) is 2.66. The Morgan fingerprint density at radius 1 is 1.16 bits per heavy atom. The molecule has 0 spiro atoms. The standard InChI is InChI=1S/C17H21NO/c1-18-10-16-17(11-6-7-11)14-8-12-4-2-3-5-13(12)9-15(14)19-16/h8-9,11,18H,2-7,10H2,1H3. The number of aryl methyl sites for hydroxylation is 2. The number of nitrogens with one attached hydrogen (secondary N) is 1. The van der Waals surface area contributed by atoms with Crippen LogP contribution in [-0.2, 0) is 19.4 Å². The lowest BCUT2D eigenvalue weighted by Gasteiger charge is -2.15. The highest BCUT2D eigenvalue weighted by Crippen LogP contribution is 2.46. The summed E-state index contributed by atoms with van der Waals surface area (Å²) in [5.74, 6) is 1.92. The largest absolute Gasteiger partial charge is 0.459 e. The van der Waals surface area contributed by atoms with Crippen molar-refractivity contribution in [2.24, 2.45) is 0 Å². The van der Waals surface area contributed by atoms with Crippen LogP contribution in [0.2, 0.25) is 0 Å². The molecule has 1 saturated carbocycles. The zero-order chi connectivity index (χ0) is 12.8. The van der Waals surface area contributed by atoms with E-state index < -0.39 is 0 Å². The Morgan fingerprint density at radius 3 is 2.58 bits per heavy atom. The SMILES string of the molecule is CNCc1oc2cc3c(cc2c1C1CC1)CCCC3. The predicted octanol–water partition coefficient (Wildman–Crippen LogP) is 3.91. The quantitative estimate of drug-likeness (QED) is 0.899. The molecular weight excluding hydrogens is 234 g/mol. The second-order valence-corrected chi connectivity index (χ2v) is 6.07. The van der Waals surface area contributed by atoms with Crippen molar-refractivity contribution >= 4 is 11.0 Å². The van der Waals surface area contributed by atoms with Crippen molar-refractivity contribution in [3.8, 4) is 0 Å². The Morgan fingerprint density at radius 2 is 1.89 bits per heavy atom. The molecule has 0 aliphatic heterocycles. The molecule has 2 aliphatic carbocycles. The summed E-state index contributed by atoms with van der Waals surface area (Å²) in [6, 6.07) is 4.75. The lowest BCUT2D eigenvalue weighted by Crippen LogP contribution is -2.05. The number of furan rings is 1. The maximum absolute atomic E-state index is 6.14. The highest BCUT2D eigenvalue weighted by atomic mass is 16.3. The van der Waals surface area contributed by atoms with Crippen LogP contribution in [0.1, 0.15) is 54.1 Å². The third-order valence-corrected chi connectivity index (χ3v) is 4.59.